The summed E-state index contributed by atoms with van der Waals surface area (Å²) in [6, 6.07) is 13.5. The summed E-state index contributed by atoms with van der Waals surface area (Å²) in [4.78, 5) is 27.0. The molecule has 0 N–H and O–H groups in total. The van der Waals surface area contributed by atoms with E-state index in [1.165, 1.54) is 21.8 Å². The van der Waals surface area contributed by atoms with Crippen LogP contribution in [0.4, 0.5) is 11.4 Å². The monoisotopic (exact) mass is 443 g/mol. The third-order valence-corrected chi connectivity index (χ3v) is 7.24. The van der Waals surface area contributed by atoms with Crippen molar-refractivity contribution in [3.63, 3.8) is 0 Å². The van der Waals surface area contributed by atoms with Crippen LogP contribution in [0.15, 0.2) is 53.1 Å². The first-order chi connectivity index (χ1) is 15.7. The third kappa shape index (κ3) is 3.54. The van der Waals surface area contributed by atoms with Gasteiger partial charge in [0.2, 0.25) is 0 Å². The molecule has 0 aromatic heterocycles. The van der Waals surface area contributed by atoms with E-state index in [4.69, 9.17) is 4.74 Å². The Balaban J connectivity index is 1.64. The summed E-state index contributed by atoms with van der Waals surface area (Å²) in [5, 5.41) is 5.57. The van der Waals surface area contributed by atoms with E-state index in [1.807, 2.05) is 24.3 Å². The van der Waals surface area contributed by atoms with Crippen LogP contribution in [0, 0.1) is 0 Å². The minimum Gasteiger partial charge on any atom is -0.407 e. The van der Waals surface area contributed by atoms with E-state index in [9.17, 15) is 9.59 Å². The van der Waals surface area contributed by atoms with Crippen LogP contribution in [0.3, 0.4) is 0 Å². The van der Waals surface area contributed by atoms with Crippen LogP contribution in [0.2, 0.25) is 0 Å². The lowest BCUT2D eigenvalue weighted by atomic mass is 9.69. The van der Waals surface area contributed by atoms with Gasteiger partial charge in [0.25, 0.3) is 18.3 Å². The Labute approximate surface area is 194 Å². The molecule has 6 heteroatoms. The second-order valence-electron chi connectivity index (χ2n) is 10.3. The van der Waals surface area contributed by atoms with Gasteiger partial charge in [-0.15, -0.1) is 5.10 Å². The molecule has 0 saturated carbocycles. The average Bonchev–Trinajstić information content (AvgIpc) is 3.09. The Morgan fingerprint density at radius 3 is 2.15 bits per heavy atom. The number of hydrogen-bond donors (Lipinski definition) is 0. The molecule has 170 valence electrons. The number of carbonyl (C=O) groups is 2. The van der Waals surface area contributed by atoms with Crippen LogP contribution in [-0.4, -0.2) is 31.4 Å². The lowest BCUT2D eigenvalue weighted by Crippen LogP contribution is -2.44. The van der Waals surface area contributed by atoms with Crippen LogP contribution < -0.4 is 9.91 Å². The maximum absolute atomic E-state index is 13.3. The number of rotatable bonds is 3. The van der Waals surface area contributed by atoms with Crippen LogP contribution >= 0.6 is 0 Å². The van der Waals surface area contributed by atoms with Gasteiger partial charge >= 0.3 is 0 Å². The van der Waals surface area contributed by atoms with Crippen molar-refractivity contribution in [2.24, 2.45) is 5.10 Å². The minimum atomic E-state index is -0.315. The van der Waals surface area contributed by atoms with Gasteiger partial charge in [-0.05, 0) is 70.7 Å². The first kappa shape index (κ1) is 21.4. The summed E-state index contributed by atoms with van der Waals surface area (Å²) in [5.74, 6) is -0.296. The van der Waals surface area contributed by atoms with E-state index >= 15 is 0 Å². The number of nitrogens with zero attached hydrogens (tertiary/aromatic N) is 3. The van der Waals surface area contributed by atoms with Crippen LogP contribution in [-0.2, 0) is 25.2 Å². The molecular weight excluding hydrogens is 414 g/mol. The van der Waals surface area contributed by atoms with Crippen molar-refractivity contribution in [3.05, 3.63) is 64.7 Å². The van der Waals surface area contributed by atoms with Crippen LogP contribution in [0.25, 0.3) is 6.08 Å². The standard InChI is InChI=1S/C27H29N3O3/c1-26(2)10-12-29-13-11-27(3,4)22-16-18(15-21(26)23(22)29)14-20-24(33-17-31)28-30(25(20)32)19-8-6-5-7-9-19/h5-9,14-17H,10-13H2,1-4H3/b20-14-. The van der Waals surface area contributed by atoms with E-state index in [-0.39, 0.29) is 28.2 Å². The quantitative estimate of drug-likeness (QED) is 0.506. The summed E-state index contributed by atoms with van der Waals surface area (Å²) in [5.41, 5.74) is 5.87. The molecule has 0 bridgehead atoms. The maximum Gasteiger partial charge on any atom is 0.299 e. The van der Waals surface area contributed by atoms with Crippen molar-refractivity contribution in [3.8, 4) is 0 Å². The van der Waals surface area contributed by atoms with Gasteiger partial charge in [-0.2, -0.15) is 5.01 Å². The van der Waals surface area contributed by atoms with Gasteiger partial charge in [0.15, 0.2) is 0 Å². The molecule has 0 fully saturated rings. The Hall–Kier alpha value is -3.41. The molecule has 0 unspecified atom stereocenters. The van der Waals surface area contributed by atoms with Gasteiger partial charge in [0.1, 0.15) is 5.57 Å². The highest BCUT2D eigenvalue weighted by Crippen LogP contribution is 2.49. The molecule has 6 nitrogen and oxygen atoms in total. The zero-order valence-electron chi connectivity index (χ0n) is 19.6. The predicted octanol–water partition coefficient (Wildman–Crippen LogP) is 4.77. The van der Waals surface area contributed by atoms with E-state index in [0.29, 0.717) is 12.2 Å². The molecule has 3 aliphatic heterocycles. The number of benzene rings is 2. The van der Waals surface area contributed by atoms with E-state index in [0.717, 1.165) is 31.5 Å². The number of hydrogen-bond acceptors (Lipinski definition) is 5. The van der Waals surface area contributed by atoms with Gasteiger partial charge in [-0.1, -0.05) is 45.9 Å². The zero-order chi connectivity index (χ0) is 23.4. The molecular formula is C27H29N3O3. The Morgan fingerprint density at radius 1 is 0.970 bits per heavy atom. The van der Waals surface area contributed by atoms with Gasteiger partial charge in [-0.3, -0.25) is 9.59 Å². The van der Waals surface area contributed by atoms with Crippen molar-refractivity contribution >= 4 is 35.7 Å². The number of carbonyl (C=O) groups excluding carboxylic acids is 2. The second kappa shape index (κ2) is 7.58. The molecule has 33 heavy (non-hydrogen) atoms. The largest absolute Gasteiger partial charge is 0.407 e. The second-order valence-corrected chi connectivity index (χ2v) is 10.3. The highest BCUT2D eigenvalue weighted by molar-refractivity contribution is 6.31. The van der Waals surface area contributed by atoms with Crippen molar-refractivity contribution in [1.82, 2.24) is 0 Å². The molecule has 1 amide bonds. The molecule has 0 atom stereocenters. The van der Waals surface area contributed by atoms with Gasteiger partial charge in [0.05, 0.1) is 5.69 Å². The maximum atomic E-state index is 13.3. The fraction of sp³-hybridized carbons (Fsp3) is 0.370. The number of ether oxygens (including phenoxy) is 1. The molecule has 0 saturated heterocycles. The summed E-state index contributed by atoms with van der Waals surface area (Å²) in [6.07, 6.45) is 3.98. The number of para-hydroxylation sites is 1. The zero-order valence-corrected chi connectivity index (χ0v) is 19.6. The smallest absolute Gasteiger partial charge is 0.299 e. The first-order valence-corrected chi connectivity index (χ1v) is 11.5. The fourth-order valence-electron chi connectivity index (χ4n) is 5.11. The van der Waals surface area contributed by atoms with Crippen LogP contribution in [0.5, 0.6) is 0 Å². The molecule has 0 spiro atoms. The summed E-state index contributed by atoms with van der Waals surface area (Å²) < 4.78 is 5.12. The van der Waals surface area contributed by atoms with Gasteiger partial charge < -0.3 is 9.64 Å². The minimum absolute atomic E-state index is 0.0189. The molecule has 2 aromatic carbocycles. The van der Waals surface area contributed by atoms with E-state index < -0.39 is 0 Å². The predicted molar refractivity (Wildman–Crippen MR) is 130 cm³/mol. The number of anilines is 2. The Bertz CT molecular complexity index is 1150. The molecule has 0 aliphatic carbocycles. The van der Waals surface area contributed by atoms with Crippen molar-refractivity contribution in [1.29, 1.82) is 0 Å². The van der Waals surface area contributed by atoms with Crippen molar-refractivity contribution < 1.29 is 14.3 Å². The van der Waals surface area contributed by atoms with E-state index in [2.05, 4.69) is 49.8 Å². The topological polar surface area (TPSA) is 62.2 Å². The molecule has 3 heterocycles. The van der Waals surface area contributed by atoms with Gasteiger partial charge in [0, 0.05) is 18.8 Å². The first-order valence-electron chi connectivity index (χ1n) is 11.5. The normalized spacial score (nSPS) is 21.6. The molecule has 3 aliphatic rings. The van der Waals surface area contributed by atoms with E-state index in [1.54, 1.807) is 12.1 Å². The summed E-state index contributed by atoms with van der Waals surface area (Å²) >= 11 is 0. The summed E-state index contributed by atoms with van der Waals surface area (Å²) in [6.45, 7) is 11.6. The molecule has 0 radical (unpaired) electrons. The Kier molecular flexibility index (Phi) is 4.92. The number of amides is 1. The number of hydrazone groups is 1. The average molecular weight is 444 g/mol. The van der Waals surface area contributed by atoms with Crippen molar-refractivity contribution in [2.75, 3.05) is 23.0 Å². The SMILES string of the molecule is CC1(C)CCN2CCC(C)(C)c3cc(/C=C4\C(=O)N(c5ccccc5)N=C4OC=O)cc1c32. The van der Waals surface area contributed by atoms with Crippen LogP contribution in [0.1, 0.15) is 57.2 Å². The lowest BCUT2D eigenvalue weighted by molar-refractivity contribution is -0.121. The highest BCUT2D eigenvalue weighted by Gasteiger charge is 2.40. The van der Waals surface area contributed by atoms with Crippen molar-refractivity contribution in [2.45, 2.75) is 51.4 Å². The fourth-order valence-corrected chi connectivity index (χ4v) is 5.11. The third-order valence-electron chi connectivity index (χ3n) is 7.24. The summed E-state index contributed by atoms with van der Waals surface area (Å²) in [7, 11) is 0. The van der Waals surface area contributed by atoms with Gasteiger partial charge in [-0.25, -0.2) is 0 Å². The highest BCUT2D eigenvalue weighted by atomic mass is 16.5. The molecule has 5 rings (SSSR count). The molecule has 2 aromatic rings. The lowest BCUT2D eigenvalue weighted by Gasteiger charge is -2.48. The Morgan fingerprint density at radius 2 is 1.58 bits per heavy atom.